The van der Waals surface area contributed by atoms with Gasteiger partial charge in [-0.1, -0.05) is 13.8 Å². The fourth-order valence-corrected chi connectivity index (χ4v) is 3.70. The van der Waals surface area contributed by atoms with Crippen molar-refractivity contribution in [1.82, 2.24) is 9.55 Å². The smallest absolute Gasteiger partial charge is 0.371 e. The maximum atomic E-state index is 13.0. The first-order valence-corrected chi connectivity index (χ1v) is 8.43. The third-order valence-corrected chi connectivity index (χ3v) is 5.12. The summed E-state index contributed by atoms with van der Waals surface area (Å²) in [5, 5.41) is 9.60. The Kier molecular flexibility index (Phi) is 4.04. The molecule has 126 valence electrons. The van der Waals surface area contributed by atoms with E-state index in [-0.39, 0.29) is 23.8 Å². The van der Waals surface area contributed by atoms with Crippen LogP contribution < -0.4 is 5.56 Å². The molecule has 3 aromatic rings. The van der Waals surface area contributed by atoms with Gasteiger partial charge in [0.05, 0.1) is 11.9 Å². The van der Waals surface area contributed by atoms with Crippen LogP contribution in [-0.4, -0.2) is 20.6 Å². The van der Waals surface area contributed by atoms with Crippen molar-refractivity contribution in [2.75, 3.05) is 0 Å². The van der Waals surface area contributed by atoms with Crippen LogP contribution in [0, 0.1) is 13.8 Å². The first-order chi connectivity index (χ1) is 11.3. The zero-order chi connectivity index (χ0) is 17.6. The van der Waals surface area contributed by atoms with Gasteiger partial charge in [-0.25, -0.2) is 9.78 Å². The number of furan rings is 1. The lowest BCUT2D eigenvalue weighted by molar-refractivity contribution is 0.0660. The van der Waals surface area contributed by atoms with Crippen molar-refractivity contribution in [3.63, 3.8) is 0 Å². The van der Waals surface area contributed by atoms with Crippen molar-refractivity contribution in [3.05, 3.63) is 50.3 Å². The molecule has 24 heavy (non-hydrogen) atoms. The van der Waals surface area contributed by atoms with Gasteiger partial charge in [0, 0.05) is 10.8 Å². The van der Waals surface area contributed by atoms with Gasteiger partial charge in [-0.15, -0.1) is 11.3 Å². The molecule has 0 amide bonds. The van der Waals surface area contributed by atoms with Gasteiger partial charge in [0.1, 0.15) is 16.4 Å². The van der Waals surface area contributed by atoms with Gasteiger partial charge >= 0.3 is 5.97 Å². The Labute approximate surface area is 142 Å². The van der Waals surface area contributed by atoms with Gasteiger partial charge in [0.25, 0.3) is 5.56 Å². The predicted molar refractivity (Wildman–Crippen MR) is 92.2 cm³/mol. The normalized spacial score (nSPS) is 11.5. The maximum Gasteiger partial charge on any atom is 0.371 e. The lowest BCUT2D eigenvalue weighted by atomic mass is 10.1. The predicted octanol–water partition coefficient (Wildman–Crippen LogP) is 3.54. The number of aromatic nitrogens is 2. The third kappa shape index (κ3) is 2.65. The van der Waals surface area contributed by atoms with E-state index < -0.39 is 5.97 Å². The lowest BCUT2D eigenvalue weighted by Gasteiger charge is -2.14. The van der Waals surface area contributed by atoms with Crippen molar-refractivity contribution < 1.29 is 14.3 Å². The maximum absolute atomic E-state index is 13.0. The molecule has 6 nitrogen and oxygen atoms in total. The number of fused-ring (bicyclic) bond motifs is 1. The van der Waals surface area contributed by atoms with E-state index >= 15 is 0 Å². The number of carboxylic acids is 1. The molecule has 0 atom stereocenters. The van der Waals surface area contributed by atoms with Crippen LogP contribution in [0.25, 0.3) is 10.2 Å². The average Bonchev–Trinajstić information content (AvgIpc) is 3.08. The number of thiophene rings is 1. The van der Waals surface area contributed by atoms with E-state index in [0.717, 1.165) is 15.3 Å². The minimum absolute atomic E-state index is 0.0544. The zero-order valence-electron chi connectivity index (χ0n) is 13.9. The monoisotopic (exact) mass is 346 g/mol. The summed E-state index contributed by atoms with van der Waals surface area (Å²) in [4.78, 5) is 30.5. The SMILES string of the molecule is Cc1sc2nc(C(C)C)n(Cc3ccc(C(=O)O)o3)c(=O)c2c1C. The summed E-state index contributed by atoms with van der Waals surface area (Å²) in [7, 11) is 0. The Bertz CT molecular complexity index is 994. The molecule has 0 unspecified atom stereocenters. The van der Waals surface area contributed by atoms with Gasteiger partial charge in [0.2, 0.25) is 5.76 Å². The quantitative estimate of drug-likeness (QED) is 0.781. The molecule has 0 spiro atoms. The number of carbonyl (C=O) groups is 1. The van der Waals surface area contributed by atoms with E-state index in [4.69, 9.17) is 9.52 Å². The number of aryl methyl sites for hydroxylation is 2. The second-order valence-electron chi connectivity index (χ2n) is 6.05. The largest absolute Gasteiger partial charge is 0.475 e. The summed E-state index contributed by atoms with van der Waals surface area (Å²) in [5.41, 5.74) is 0.834. The summed E-state index contributed by atoms with van der Waals surface area (Å²) in [5.74, 6) is -0.126. The zero-order valence-corrected chi connectivity index (χ0v) is 14.7. The molecular weight excluding hydrogens is 328 g/mol. The van der Waals surface area contributed by atoms with Crippen LogP contribution in [-0.2, 0) is 6.54 Å². The molecule has 0 aliphatic carbocycles. The molecular formula is C17H18N2O4S. The number of carboxylic acid groups (broad SMARTS) is 1. The summed E-state index contributed by atoms with van der Waals surface area (Å²) >= 11 is 1.52. The molecule has 0 radical (unpaired) electrons. The molecule has 0 fully saturated rings. The minimum atomic E-state index is -1.13. The highest BCUT2D eigenvalue weighted by Gasteiger charge is 2.19. The van der Waals surface area contributed by atoms with Crippen molar-refractivity contribution in [2.45, 2.75) is 40.2 Å². The highest BCUT2D eigenvalue weighted by molar-refractivity contribution is 7.18. The fourth-order valence-electron chi connectivity index (χ4n) is 2.67. The first kappa shape index (κ1) is 16.4. The molecule has 0 saturated carbocycles. The standard InChI is InChI=1S/C17H18N2O4S/c1-8(2)14-18-15-13(9(3)10(4)24-15)16(20)19(14)7-11-5-6-12(23-11)17(21)22/h5-6,8H,7H2,1-4H3,(H,21,22). The van der Waals surface area contributed by atoms with Crippen molar-refractivity contribution in [3.8, 4) is 0 Å². The molecule has 0 aliphatic heterocycles. The van der Waals surface area contributed by atoms with Crippen LogP contribution in [0.1, 0.15) is 52.3 Å². The van der Waals surface area contributed by atoms with Crippen LogP contribution >= 0.6 is 11.3 Å². The molecule has 0 bridgehead atoms. The van der Waals surface area contributed by atoms with Crippen molar-refractivity contribution >= 4 is 27.5 Å². The summed E-state index contributed by atoms with van der Waals surface area (Å²) < 4.78 is 6.88. The van der Waals surface area contributed by atoms with Gasteiger partial charge in [-0.05, 0) is 31.5 Å². The van der Waals surface area contributed by atoms with Crippen LogP contribution in [0.2, 0.25) is 0 Å². The number of hydrogen-bond donors (Lipinski definition) is 1. The summed E-state index contributed by atoms with van der Waals surface area (Å²) in [6.45, 7) is 8.01. The number of nitrogens with zero attached hydrogens (tertiary/aromatic N) is 2. The molecule has 0 aromatic carbocycles. The van der Waals surface area contributed by atoms with Crippen LogP contribution in [0.3, 0.4) is 0 Å². The van der Waals surface area contributed by atoms with E-state index in [9.17, 15) is 9.59 Å². The van der Waals surface area contributed by atoms with E-state index in [2.05, 4.69) is 4.98 Å². The molecule has 0 aliphatic rings. The highest BCUT2D eigenvalue weighted by atomic mass is 32.1. The Morgan fingerprint density at radius 2 is 2.08 bits per heavy atom. The summed E-state index contributed by atoms with van der Waals surface area (Å²) in [6.07, 6.45) is 0. The average molecular weight is 346 g/mol. The lowest BCUT2D eigenvalue weighted by Crippen LogP contribution is -2.26. The van der Waals surface area contributed by atoms with Gasteiger partial charge in [-0.2, -0.15) is 0 Å². The third-order valence-electron chi connectivity index (χ3n) is 4.02. The second-order valence-corrected chi connectivity index (χ2v) is 7.25. The van der Waals surface area contributed by atoms with E-state index in [0.29, 0.717) is 17.0 Å². The minimum Gasteiger partial charge on any atom is -0.475 e. The molecule has 7 heteroatoms. The van der Waals surface area contributed by atoms with Crippen LogP contribution in [0.15, 0.2) is 21.3 Å². The molecule has 3 heterocycles. The first-order valence-electron chi connectivity index (χ1n) is 7.62. The number of aromatic carboxylic acids is 1. The van der Waals surface area contributed by atoms with Gasteiger partial charge in [0.15, 0.2) is 0 Å². The molecule has 0 saturated heterocycles. The molecule has 3 rings (SSSR count). The van der Waals surface area contributed by atoms with Crippen molar-refractivity contribution in [2.24, 2.45) is 0 Å². The Hall–Kier alpha value is -2.41. The number of hydrogen-bond acceptors (Lipinski definition) is 5. The Balaban J connectivity index is 2.19. The highest BCUT2D eigenvalue weighted by Crippen LogP contribution is 2.28. The van der Waals surface area contributed by atoms with Crippen LogP contribution in [0.5, 0.6) is 0 Å². The topological polar surface area (TPSA) is 85.3 Å². The fraction of sp³-hybridized carbons (Fsp3) is 0.353. The molecule has 3 aromatic heterocycles. The van der Waals surface area contributed by atoms with Crippen molar-refractivity contribution in [1.29, 1.82) is 0 Å². The van der Waals surface area contributed by atoms with Gasteiger partial charge < -0.3 is 9.52 Å². The molecule has 1 N–H and O–H groups in total. The Morgan fingerprint density at radius 3 is 2.67 bits per heavy atom. The van der Waals surface area contributed by atoms with E-state index in [1.165, 1.54) is 17.4 Å². The Morgan fingerprint density at radius 1 is 1.38 bits per heavy atom. The number of rotatable bonds is 4. The van der Waals surface area contributed by atoms with Crippen LogP contribution in [0.4, 0.5) is 0 Å². The van der Waals surface area contributed by atoms with E-state index in [1.54, 1.807) is 10.6 Å². The van der Waals surface area contributed by atoms with Gasteiger partial charge in [-0.3, -0.25) is 9.36 Å². The summed E-state index contributed by atoms with van der Waals surface area (Å²) in [6, 6.07) is 2.97. The second kappa shape index (κ2) is 5.90. The van der Waals surface area contributed by atoms with E-state index in [1.807, 2.05) is 27.7 Å².